The topological polar surface area (TPSA) is 75.5 Å². The van der Waals surface area contributed by atoms with Crippen molar-refractivity contribution in [2.24, 2.45) is 0 Å². The van der Waals surface area contributed by atoms with E-state index in [1.165, 1.54) is 24.1 Å². The number of fused-ring (bicyclic) bond motifs is 1. The van der Waals surface area contributed by atoms with Crippen LogP contribution in [0.25, 0.3) is 0 Å². The van der Waals surface area contributed by atoms with Gasteiger partial charge in [0.25, 0.3) is 0 Å². The van der Waals surface area contributed by atoms with E-state index in [4.69, 9.17) is 14.6 Å². The van der Waals surface area contributed by atoms with Crippen LogP contribution in [0.2, 0.25) is 0 Å². The van der Waals surface area contributed by atoms with E-state index in [0.29, 0.717) is 6.04 Å². The lowest BCUT2D eigenvalue weighted by atomic mass is 10.1. The molecule has 2 aliphatic rings. The first-order valence-corrected chi connectivity index (χ1v) is 8.20. The lowest BCUT2D eigenvalue weighted by Gasteiger charge is -2.33. The molecule has 0 spiro atoms. The molecule has 0 radical (unpaired) electrons. The first-order valence-electron chi connectivity index (χ1n) is 8.20. The summed E-state index contributed by atoms with van der Waals surface area (Å²) < 4.78 is 37.2. The lowest BCUT2D eigenvalue weighted by Crippen LogP contribution is -2.40. The highest BCUT2D eigenvalue weighted by Crippen LogP contribution is 2.21. The summed E-state index contributed by atoms with van der Waals surface area (Å²) in [6.45, 7) is 6.23. The number of alkyl halides is 3. The van der Waals surface area contributed by atoms with Gasteiger partial charge in [0.05, 0.1) is 0 Å². The molecule has 9 heteroatoms. The fourth-order valence-electron chi connectivity index (χ4n) is 3.12. The van der Waals surface area contributed by atoms with Gasteiger partial charge in [0.2, 0.25) is 0 Å². The van der Waals surface area contributed by atoms with E-state index in [0.717, 1.165) is 44.8 Å². The standard InChI is InChI=1S/C14H21N3O.C2HF3O2/c1-11-13-2-6-17(12-4-8-18-9-5-12)7-3-14(13)16-10-15-11;3-2(4,5)1(6)7/h10,12H,2-9H2,1H3;(H,6,7). The van der Waals surface area contributed by atoms with Crippen molar-refractivity contribution in [3.63, 3.8) is 0 Å². The predicted octanol–water partition coefficient (Wildman–Crippen LogP) is 2.00. The Bertz CT molecular complexity index is 590. The zero-order valence-electron chi connectivity index (χ0n) is 14.1. The number of rotatable bonds is 1. The molecule has 1 saturated heterocycles. The van der Waals surface area contributed by atoms with Gasteiger partial charge in [-0.3, -0.25) is 4.90 Å². The van der Waals surface area contributed by atoms with Crippen LogP contribution in [-0.2, 0) is 22.4 Å². The molecule has 1 fully saturated rings. The van der Waals surface area contributed by atoms with Crippen molar-refractivity contribution in [3.8, 4) is 0 Å². The summed E-state index contributed by atoms with van der Waals surface area (Å²) in [5.41, 5.74) is 3.80. The van der Waals surface area contributed by atoms with Gasteiger partial charge in [-0.15, -0.1) is 0 Å². The van der Waals surface area contributed by atoms with Gasteiger partial charge in [0, 0.05) is 50.2 Å². The molecule has 0 amide bonds. The van der Waals surface area contributed by atoms with Crippen molar-refractivity contribution in [1.29, 1.82) is 0 Å². The number of halogens is 3. The quantitative estimate of drug-likeness (QED) is 0.825. The number of carbonyl (C=O) groups is 1. The molecule has 3 rings (SSSR count). The first-order chi connectivity index (χ1) is 11.8. The SMILES string of the molecule is Cc1ncnc2c1CCN(C1CCOCC1)CC2.O=C(O)C(F)(F)F. The van der Waals surface area contributed by atoms with Crippen LogP contribution in [-0.4, -0.2) is 64.5 Å². The maximum atomic E-state index is 10.6. The summed E-state index contributed by atoms with van der Waals surface area (Å²) in [5.74, 6) is -2.76. The van der Waals surface area contributed by atoms with Crippen molar-refractivity contribution in [3.05, 3.63) is 23.3 Å². The minimum absolute atomic E-state index is 0.710. The monoisotopic (exact) mass is 361 g/mol. The number of hydrogen-bond donors (Lipinski definition) is 1. The predicted molar refractivity (Wildman–Crippen MR) is 83.3 cm³/mol. The minimum atomic E-state index is -5.08. The van der Waals surface area contributed by atoms with Crippen LogP contribution in [0.5, 0.6) is 0 Å². The van der Waals surface area contributed by atoms with Crippen LogP contribution in [0, 0.1) is 6.92 Å². The fraction of sp³-hybridized carbons (Fsp3) is 0.688. The Kier molecular flexibility index (Phi) is 6.71. The zero-order chi connectivity index (χ0) is 18.4. The molecule has 25 heavy (non-hydrogen) atoms. The van der Waals surface area contributed by atoms with Gasteiger partial charge in [0.15, 0.2) is 0 Å². The van der Waals surface area contributed by atoms with E-state index in [2.05, 4.69) is 21.8 Å². The highest BCUT2D eigenvalue weighted by atomic mass is 19.4. The maximum absolute atomic E-state index is 10.6. The summed E-state index contributed by atoms with van der Waals surface area (Å²) in [7, 11) is 0. The smallest absolute Gasteiger partial charge is 0.475 e. The second kappa shape index (κ2) is 8.57. The number of aryl methyl sites for hydroxylation is 1. The molecular weight excluding hydrogens is 339 g/mol. The Hall–Kier alpha value is -1.74. The number of carboxylic acid groups (broad SMARTS) is 1. The third-order valence-electron chi connectivity index (χ3n) is 4.48. The number of carboxylic acids is 1. The van der Waals surface area contributed by atoms with Gasteiger partial charge in [-0.05, 0) is 31.7 Å². The van der Waals surface area contributed by atoms with Gasteiger partial charge in [0.1, 0.15) is 6.33 Å². The highest BCUT2D eigenvalue weighted by Gasteiger charge is 2.38. The molecule has 0 aliphatic carbocycles. The molecule has 6 nitrogen and oxygen atoms in total. The van der Waals surface area contributed by atoms with E-state index in [-0.39, 0.29) is 0 Å². The Morgan fingerprint density at radius 2 is 1.84 bits per heavy atom. The van der Waals surface area contributed by atoms with Crippen molar-refractivity contribution in [1.82, 2.24) is 14.9 Å². The minimum Gasteiger partial charge on any atom is -0.475 e. The maximum Gasteiger partial charge on any atom is 0.490 e. The Morgan fingerprint density at radius 3 is 2.44 bits per heavy atom. The molecule has 0 unspecified atom stereocenters. The van der Waals surface area contributed by atoms with E-state index in [1.54, 1.807) is 6.33 Å². The molecule has 3 heterocycles. The van der Waals surface area contributed by atoms with Gasteiger partial charge in [-0.25, -0.2) is 14.8 Å². The number of ether oxygens (including phenoxy) is 1. The molecule has 1 aromatic rings. The fourth-order valence-corrected chi connectivity index (χ4v) is 3.12. The molecule has 1 N–H and O–H groups in total. The van der Waals surface area contributed by atoms with Gasteiger partial charge in [-0.1, -0.05) is 0 Å². The summed E-state index contributed by atoms with van der Waals surface area (Å²) in [5, 5.41) is 7.12. The number of hydrogen-bond acceptors (Lipinski definition) is 5. The van der Waals surface area contributed by atoms with Crippen molar-refractivity contribution in [2.45, 2.75) is 44.8 Å². The van der Waals surface area contributed by atoms with Crippen molar-refractivity contribution in [2.75, 3.05) is 26.3 Å². The molecule has 0 saturated carbocycles. The second-order valence-corrected chi connectivity index (χ2v) is 6.07. The number of nitrogens with zero attached hydrogens (tertiary/aromatic N) is 3. The molecular formula is C16H22F3N3O3. The number of aromatic nitrogens is 2. The van der Waals surface area contributed by atoms with Crippen molar-refractivity contribution >= 4 is 5.97 Å². The van der Waals surface area contributed by atoms with Crippen LogP contribution in [0.4, 0.5) is 13.2 Å². The molecule has 2 aliphatic heterocycles. The molecule has 140 valence electrons. The molecule has 0 atom stereocenters. The van der Waals surface area contributed by atoms with Gasteiger partial charge >= 0.3 is 12.1 Å². The lowest BCUT2D eigenvalue weighted by molar-refractivity contribution is -0.192. The summed E-state index contributed by atoms with van der Waals surface area (Å²) in [6.07, 6.45) is 1.15. The Labute approximate surface area is 144 Å². The summed E-state index contributed by atoms with van der Waals surface area (Å²) in [4.78, 5) is 20.3. The normalized spacial score (nSPS) is 19.4. The van der Waals surface area contributed by atoms with Gasteiger partial charge in [-0.2, -0.15) is 13.2 Å². The largest absolute Gasteiger partial charge is 0.490 e. The summed E-state index contributed by atoms with van der Waals surface area (Å²) >= 11 is 0. The van der Waals surface area contributed by atoms with E-state index in [1.807, 2.05) is 0 Å². The van der Waals surface area contributed by atoms with Crippen molar-refractivity contribution < 1.29 is 27.8 Å². The van der Waals surface area contributed by atoms with E-state index < -0.39 is 12.1 Å². The zero-order valence-corrected chi connectivity index (χ0v) is 14.1. The van der Waals surface area contributed by atoms with Gasteiger partial charge < -0.3 is 9.84 Å². The highest BCUT2D eigenvalue weighted by molar-refractivity contribution is 5.73. The van der Waals surface area contributed by atoms with E-state index >= 15 is 0 Å². The average molecular weight is 361 g/mol. The number of aliphatic carboxylic acids is 1. The third kappa shape index (κ3) is 5.64. The van der Waals surface area contributed by atoms with Crippen LogP contribution in [0.3, 0.4) is 0 Å². The molecule has 0 aromatic carbocycles. The Morgan fingerprint density at radius 1 is 1.24 bits per heavy atom. The van der Waals surface area contributed by atoms with Crippen LogP contribution >= 0.6 is 0 Å². The average Bonchev–Trinajstić information content (AvgIpc) is 2.79. The first kappa shape index (κ1) is 19.6. The molecule has 0 bridgehead atoms. The van der Waals surface area contributed by atoms with Crippen LogP contribution in [0.1, 0.15) is 29.8 Å². The van der Waals surface area contributed by atoms with E-state index in [9.17, 15) is 13.2 Å². The van der Waals surface area contributed by atoms with Crippen LogP contribution in [0.15, 0.2) is 6.33 Å². The second-order valence-electron chi connectivity index (χ2n) is 6.07. The van der Waals surface area contributed by atoms with Crippen LogP contribution < -0.4 is 0 Å². The summed E-state index contributed by atoms with van der Waals surface area (Å²) in [6, 6.07) is 0.710. The third-order valence-corrected chi connectivity index (χ3v) is 4.48. The Balaban J connectivity index is 0.000000277. The molecule has 1 aromatic heterocycles.